The van der Waals surface area contributed by atoms with Crippen LogP contribution in [0.2, 0.25) is 5.02 Å². The van der Waals surface area contributed by atoms with Crippen molar-refractivity contribution in [2.24, 2.45) is 0 Å². The Morgan fingerprint density at radius 2 is 2.28 bits per heavy atom. The number of hydrogen-bond donors (Lipinski definition) is 1. The van der Waals surface area contributed by atoms with E-state index in [1.54, 1.807) is 12.3 Å². The van der Waals surface area contributed by atoms with Crippen molar-refractivity contribution in [3.05, 3.63) is 29.0 Å². The first kappa shape index (κ1) is 14.9. The van der Waals surface area contributed by atoms with Crippen molar-refractivity contribution >= 4 is 17.5 Å². The molecule has 1 aromatic heterocycles. The summed E-state index contributed by atoms with van der Waals surface area (Å²) in [5.41, 5.74) is 0.414. The lowest BCUT2D eigenvalue weighted by molar-refractivity contribution is 0.0754. The molecule has 0 radical (unpaired) electrons. The molecule has 0 aliphatic rings. The minimum absolute atomic E-state index is 0.183. The van der Waals surface area contributed by atoms with Gasteiger partial charge in [0.05, 0.1) is 16.7 Å². The van der Waals surface area contributed by atoms with E-state index in [2.05, 4.69) is 10.3 Å². The van der Waals surface area contributed by atoms with Crippen LogP contribution in [0.15, 0.2) is 18.5 Å². The summed E-state index contributed by atoms with van der Waals surface area (Å²) in [5, 5.41) is 3.23. The molecule has 0 spiro atoms. The molecule has 1 rings (SSSR count). The number of halogens is 1. The van der Waals surface area contributed by atoms with Crippen molar-refractivity contribution in [2.75, 3.05) is 13.2 Å². The molecule has 0 unspecified atom stereocenters. The number of rotatable bonds is 7. The number of hydrogen-bond acceptors (Lipinski definition) is 3. The Labute approximate surface area is 113 Å². The number of unbranched alkanes of at least 4 members (excludes halogenated alkanes) is 1. The van der Waals surface area contributed by atoms with Crippen LogP contribution in [-0.4, -0.2) is 30.1 Å². The van der Waals surface area contributed by atoms with Crippen molar-refractivity contribution in [3.8, 4) is 0 Å². The molecule has 18 heavy (non-hydrogen) atoms. The van der Waals surface area contributed by atoms with Gasteiger partial charge in [-0.25, -0.2) is 0 Å². The van der Waals surface area contributed by atoms with Crippen LogP contribution in [0, 0.1) is 0 Å². The maximum atomic E-state index is 11.7. The van der Waals surface area contributed by atoms with Gasteiger partial charge in [0.2, 0.25) is 0 Å². The van der Waals surface area contributed by atoms with Crippen LogP contribution in [0.5, 0.6) is 0 Å². The largest absolute Gasteiger partial charge is 0.379 e. The molecule has 0 aromatic carbocycles. The third kappa shape index (κ3) is 5.47. The van der Waals surface area contributed by atoms with E-state index in [0.29, 0.717) is 17.1 Å². The Bertz CT molecular complexity index is 383. The third-order valence-corrected chi connectivity index (χ3v) is 2.65. The number of carbonyl (C=O) groups is 1. The van der Waals surface area contributed by atoms with Crippen LogP contribution in [-0.2, 0) is 4.74 Å². The number of carbonyl (C=O) groups excluding carboxylic acids is 1. The lowest BCUT2D eigenvalue weighted by Crippen LogP contribution is -2.25. The van der Waals surface area contributed by atoms with E-state index in [-0.39, 0.29) is 12.0 Å². The van der Waals surface area contributed by atoms with Crippen molar-refractivity contribution < 1.29 is 9.53 Å². The zero-order chi connectivity index (χ0) is 13.4. The molecule has 1 amide bonds. The highest BCUT2D eigenvalue weighted by Crippen LogP contribution is 2.12. The van der Waals surface area contributed by atoms with E-state index in [4.69, 9.17) is 16.3 Å². The standard InChI is InChI=1S/C13H19ClN2O2/c1-10(2)18-8-4-3-6-16-13(17)11-9-15-7-5-12(11)14/h5,7,9-10H,3-4,6,8H2,1-2H3,(H,16,17). The molecular weight excluding hydrogens is 252 g/mol. The van der Waals surface area contributed by atoms with Crippen LogP contribution in [0.3, 0.4) is 0 Å². The first-order chi connectivity index (χ1) is 8.61. The number of nitrogens with one attached hydrogen (secondary N) is 1. The van der Waals surface area contributed by atoms with E-state index >= 15 is 0 Å². The predicted molar refractivity (Wildman–Crippen MR) is 71.9 cm³/mol. The molecule has 1 N–H and O–H groups in total. The molecule has 0 aliphatic carbocycles. The number of ether oxygens (including phenoxy) is 1. The second-order valence-corrected chi connectivity index (χ2v) is 4.65. The topological polar surface area (TPSA) is 51.2 Å². The second-order valence-electron chi connectivity index (χ2n) is 4.24. The van der Waals surface area contributed by atoms with Gasteiger partial charge in [-0.3, -0.25) is 9.78 Å². The number of amides is 1. The molecule has 0 saturated heterocycles. The van der Waals surface area contributed by atoms with Gasteiger partial charge in [-0.1, -0.05) is 11.6 Å². The van der Waals surface area contributed by atoms with Gasteiger partial charge >= 0.3 is 0 Å². The molecule has 0 bridgehead atoms. The highest BCUT2D eigenvalue weighted by atomic mass is 35.5. The van der Waals surface area contributed by atoms with Crippen molar-refractivity contribution in [1.29, 1.82) is 0 Å². The van der Waals surface area contributed by atoms with Crippen LogP contribution in [0.1, 0.15) is 37.0 Å². The van der Waals surface area contributed by atoms with Gasteiger partial charge in [0, 0.05) is 25.5 Å². The Hall–Kier alpha value is -1.13. The Balaban J connectivity index is 2.20. The lowest BCUT2D eigenvalue weighted by Gasteiger charge is -2.08. The highest BCUT2D eigenvalue weighted by molar-refractivity contribution is 6.33. The molecule has 1 heterocycles. The smallest absolute Gasteiger partial charge is 0.254 e. The molecule has 0 aliphatic heterocycles. The van der Waals surface area contributed by atoms with Crippen LogP contribution in [0.25, 0.3) is 0 Å². The van der Waals surface area contributed by atoms with E-state index in [9.17, 15) is 4.79 Å². The fraction of sp³-hybridized carbons (Fsp3) is 0.538. The predicted octanol–water partition coefficient (Wildman–Crippen LogP) is 2.67. The van der Waals surface area contributed by atoms with Gasteiger partial charge in [0.25, 0.3) is 5.91 Å². The van der Waals surface area contributed by atoms with Crippen molar-refractivity contribution in [1.82, 2.24) is 10.3 Å². The second kappa shape index (κ2) is 8.06. The number of aromatic nitrogens is 1. The lowest BCUT2D eigenvalue weighted by atomic mass is 10.2. The van der Waals surface area contributed by atoms with Gasteiger partial charge < -0.3 is 10.1 Å². The maximum Gasteiger partial charge on any atom is 0.254 e. The van der Waals surface area contributed by atoms with E-state index < -0.39 is 0 Å². The molecule has 0 saturated carbocycles. The zero-order valence-electron chi connectivity index (χ0n) is 10.8. The normalized spacial score (nSPS) is 10.7. The summed E-state index contributed by atoms with van der Waals surface area (Å²) in [6.07, 6.45) is 5.10. The average molecular weight is 271 g/mol. The maximum absolute atomic E-state index is 11.7. The quantitative estimate of drug-likeness (QED) is 0.775. The van der Waals surface area contributed by atoms with Crippen LogP contribution >= 0.6 is 11.6 Å². The van der Waals surface area contributed by atoms with E-state index in [1.807, 2.05) is 13.8 Å². The SMILES string of the molecule is CC(C)OCCCCNC(=O)c1cnccc1Cl. The van der Waals surface area contributed by atoms with Crippen molar-refractivity contribution in [3.63, 3.8) is 0 Å². The fourth-order valence-corrected chi connectivity index (χ4v) is 1.58. The van der Waals surface area contributed by atoms with Crippen molar-refractivity contribution in [2.45, 2.75) is 32.8 Å². The van der Waals surface area contributed by atoms with Gasteiger partial charge in [0.15, 0.2) is 0 Å². The highest BCUT2D eigenvalue weighted by Gasteiger charge is 2.08. The van der Waals surface area contributed by atoms with E-state index in [0.717, 1.165) is 19.4 Å². The summed E-state index contributed by atoms with van der Waals surface area (Å²) >= 11 is 5.90. The first-order valence-corrected chi connectivity index (χ1v) is 6.48. The molecule has 5 heteroatoms. The van der Waals surface area contributed by atoms with E-state index in [1.165, 1.54) is 6.20 Å². The number of nitrogens with zero attached hydrogens (tertiary/aromatic N) is 1. The Morgan fingerprint density at radius 1 is 1.50 bits per heavy atom. The monoisotopic (exact) mass is 270 g/mol. The molecule has 0 atom stereocenters. The molecule has 0 fully saturated rings. The summed E-state index contributed by atoms with van der Waals surface area (Å²) < 4.78 is 5.41. The molecule has 4 nitrogen and oxygen atoms in total. The summed E-state index contributed by atoms with van der Waals surface area (Å²) in [4.78, 5) is 15.6. The average Bonchev–Trinajstić information content (AvgIpc) is 2.33. The van der Waals surface area contributed by atoms with Gasteiger partial charge in [-0.15, -0.1) is 0 Å². The van der Waals surface area contributed by atoms with Gasteiger partial charge in [-0.05, 0) is 32.8 Å². The first-order valence-electron chi connectivity index (χ1n) is 6.10. The summed E-state index contributed by atoms with van der Waals surface area (Å²) in [6, 6.07) is 1.60. The molecule has 100 valence electrons. The zero-order valence-corrected chi connectivity index (χ0v) is 11.5. The molecular formula is C13H19ClN2O2. The fourth-order valence-electron chi connectivity index (χ4n) is 1.39. The summed E-state index contributed by atoms with van der Waals surface area (Å²) in [5.74, 6) is -0.183. The number of pyridine rings is 1. The molecule has 1 aromatic rings. The summed E-state index contributed by atoms with van der Waals surface area (Å²) in [7, 11) is 0. The minimum atomic E-state index is -0.183. The van der Waals surface area contributed by atoms with Crippen LogP contribution < -0.4 is 5.32 Å². The van der Waals surface area contributed by atoms with Crippen LogP contribution in [0.4, 0.5) is 0 Å². The Kier molecular flexibility index (Phi) is 6.68. The van der Waals surface area contributed by atoms with Gasteiger partial charge in [-0.2, -0.15) is 0 Å². The van der Waals surface area contributed by atoms with Gasteiger partial charge in [0.1, 0.15) is 0 Å². The third-order valence-electron chi connectivity index (χ3n) is 2.32. The minimum Gasteiger partial charge on any atom is -0.379 e. The summed E-state index contributed by atoms with van der Waals surface area (Å²) in [6.45, 7) is 5.35. The Morgan fingerprint density at radius 3 is 2.94 bits per heavy atom.